The van der Waals surface area contributed by atoms with Crippen molar-refractivity contribution < 1.29 is 4.74 Å². The van der Waals surface area contributed by atoms with E-state index in [0.29, 0.717) is 0 Å². The maximum atomic E-state index is 5.44. The third-order valence-electron chi connectivity index (χ3n) is 4.26. The third-order valence-corrected chi connectivity index (χ3v) is 5.44. The molecular weight excluding hydrogens is 284 g/mol. The van der Waals surface area contributed by atoms with Crippen LogP contribution in [-0.2, 0) is 4.74 Å². The molecule has 4 rings (SSSR count). The van der Waals surface area contributed by atoms with Crippen LogP contribution < -0.4 is 9.80 Å². The summed E-state index contributed by atoms with van der Waals surface area (Å²) in [5, 5.41) is 1.30. The lowest BCUT2D eigenvalue weighted by molar-refractivity contribution is 0.123. The molecule has 21 heavy (non-hydrogen) atoms. The molecule has 4 heterocycles. The van der Waals surface area contributed by atoms with Gasteiger partial charge >= 0.3 is 0 Å². The van der Waals surface area contributed by atoms with Gasteiger partial charge in [0, 0.05) is 26.2 Å². The van der Waals surface area contributed by atoms with Gasteiger partial charge in [-0.3, -0.25) is 0 Å². The molecule has 0 bridgehead atoms. The molecule has 2 saturated heterocycles. The smallest absolute Gasteiger partial charge is 0.150 e. The van der Waals surface area contributed by atoms with Crippen LogP contribution in [0.2, 0.25) is 0 Å². The summed E-state index contributed by atoms with van der Waals surface area (Å²) in [5.41, 5.74) is 1.08. The van der Waals surface area contributed by atoms with Crippen molar-refractivity contribution in [1.29, 1.82) is 0 Å². The average molecular weight is 304 g/mol. The minimum Gasteiger partial charge on any atom is -0.378 e. The predicted octanol–water partition coefficient (Wildman–Crippen LogP) is 2.52. The number of nitrogens with zero attached hydrogens (tertiary/aromatic N) is 4. The van der Waals surface area contributed by atoms with Gasteiger partial charge in [0.15, 0.2) is 0 Å². The first-order valence-electron chi connectivity index (χ1n) is 7.74. The maximum absolute atomic E-state index is 5.44. The van der Waals surface area contributed by atoms with Gasteiger partial charge in [0.1, 0.15) is 12.1 Å². The Kier molecular flexibility index (Phi) is 3.65. The Morgan fingerprint density at radius 2 is 1.76 bits per heavy atom. The second kappa shape index (κ2) is 5.77. The lowest BCUT2D eigenvalue weighted by Gasteiger charge is -2.28. The number of thiophene rings is 1. The zero-order valence-electron chi connectivity index (χ0n) is 12.1. The molecule has 112 valence electrons. The van der Waals surface area contributed by atoms with Crippen molar-refractivity contribution in [2.75, 3.05) is 49.2 Å². The third kappa shape index (κ3) is 2.58. The van der Waals surface area contributed by atoms with Crippen LogP contribution in [-0.4, -0.2) is 49.4 Å². The lowest BCUT2D eigenvalue weighted by atomic mass is 10.1. The molecular formula is C15H20N4OS. The Hall–Kier alpha value is -1.40. The van der Waals surface area contributed by atoms with E-state index in [1.54, 1.807) is 6.33 Å². The van der Waals surface area contributed by atoms with Crippen LogP contribution in [0.25, 0.3) is 10.2 Å². The van der Waals surface area contributed by atoms with E-state index in [1.807, 2.05) is 11.3 Å². The first-order valence-corrected chi connectivity index (χ1v) is 8.56. The molecule has 0 radical (unpaired) electrons. The molecule has 0 unspecified atom stereocenters. The van der Waals surface area contributed by atoms with Crippen LogP contribution in [0.3, 0.4) is 0 Å². The van der Waals surface area contributed by atoms with E-state index >= 15 is 0 Å². The summed E-state index contributed by atoms with van der Waals surface area (Å²) < 4.78 is 6.68. The molecule has 2 aromatic rings. The van der Waals surface area contributed by atoms with Gasteiger partial charge in [-0.25, -0.2) is 9.97 Å². The number of hydrogen-bond donors (Lipinski definition) is 0. The summed E-state index contributed by atoms with van der Waals surface area (Å²) in [6.45, 7) is 5.82. The van der Waals surface area contributed by atoms with Gasteiger partial charge in [-0.2, -0.15) is 0 Å². The lowest BCUT2D eigenvalue weighted by Crippen LogP contribution is -2.35. The highest BCUT2D eigenvalue weighted by molar-refractivity contribution is 7.23. The second-order valence-electron chi connectivity index (χ2n) is 5.64. The van der Waals surface area contributed by atoms with Crippen LogP contribution in [0.15, 0.2) is 12.4 Å². The summed E-state index contributed by atoms with van der Waals surface area (Å²) in [5.74, 6) is 1.13. The van der Waals surface area contributed by atoms with Crippen LogP contribution in [0.4, 0.5) is 10.8 Å². The van der Waals surface area contributed by atoms with Crippen molar-refractivity contribution in [3.05, 3.63) is 12.4 Å². The van der Waals surface area contributed by atoms with Crippen molar-refractivity contribution in [3.63, 3.8) is 0 Å². The summed E-state index contributed by atoms with van der Waals surface area (Å²) >= 11 is 1.83. The van der Waals surface area contributed by atoms with Crippen molar-refractivity contribution in [2.45, 2.75) is 19.3 Å². The fraction of sp³-hybridized carbons (Fsp3) is 0.600. The number of fused-ring (bicyclic) bond motifs is 1. The number of anilines is 2. The van der Waals surface area contributed by atoms with E-state index < -0.39 is 0 Å². The highest BCUT2D eigenvalue weighted by Gasteiger charge is 2.20. The monoisotopic (exact) mass is 304 g/mol. The Bertz CT molecular complexity index is 617. The molecule has 2 aliphatic heterocycles. The van der Waals surface area contributed by atoms with E-state index in [1.165, 1.54) is 29.0 Å². The Morgan fingerprint density at radius 3 is 2.57 bits per heavy atom. The quantitative estimate of drug-likeness (QED) is 0.853. The van der Waals surface area contributed by atoms with Gasteiger partial charge in [-0.15, -0.1) is 11.3 Å². The standard InChI is InChI=1S/C15H20N4OS/c1-2-4-19(5-3-1)15-14-12(16-11-17-15)10-13(21-14)18-6-8-20-9-7-18/h10-11H,1-9H2. The highest BCUT2D eigenvalue weighted by atomic mass is 32.1. The van der Waals surface area contributed by atoms with Crippen molar-refractivity contribution in [3.8, 4) is 0 Å². The van der Waals surface area contributed by atoms with Gasteiger partial charge in [0.2, 0.25) is 0 Å². The normalized spacial score (nSPS) is 20.2. The molecule has 0 saturated carbocycles. The first-order chi connectivity index (χ1) is 10.4. The molecule has 0 N–H and O–H groups in total. The van der Waals surface area contributed by atoms with Crippen molar-refractivity contribution >= 4 is 32.4 Å². The molecule has 0 aliphatic carbocycles. The van der Waals surface area contributed by atoms with Crippen molar-refractivity contribution in [1.82, 2.24) is 9.97 Å². The molecule has 0 aromatic carbocycles. The number of hydrogen-bond acceptors (Lipinski definition) is 6. The van der Waals surface area contributed by atoms with E-state index in [9.17, 15) is 0 Å². The molecule has 2 aromatic heterocycles. The van der Waals surface area contributed by atoms with Crippen molar-refractivity contribution in [2.24, 2.45) is 0 Å². The van der Waals surface area contributed by atoms with Gasteiger partial charge < -0.3 is 14.5 Å². The summed E-state index contributed by atoms with van der Waals surface area (Å²) in [6.07, 6.45) is 5.59. The number of aromatic nitrogens is 2. The molecule has 5 nitrogen and oxygen atoms in total. The summed E-state index contributed by atoms with van der Waals surface area (Å²) in [6, 6.07) is 2.21. The molecule has 2 aliphatic rings. The molecule has 0 spiro atoms. The van der Waals surface area contributed by atoms with E-state index in [0.717, 1.165) is 50.7 Å². The zero-order valence-corrected chi connectivity index (χ0v) is 12.9. The average Bonchev–Trinajstić information content (AvgIpc) is 3.00. The number of rotatable bonds is 2. The zero-order chi connectivity index (χ0) is 14.1. The Balaban J connectivity index is 1.69. The maximum Gasteiger partial charge on any atom is 0.150 e. The molecule has 0 atom stereocenters. The van der Waals surface area contributed by atoms with E-state index in [2.05, 4.69) is 25.8 Å². The summed E-state index contributed by atoms with van der Waals surface area (Å²) in [7, 11) is 0. The molecule has 6 heteroatoms. The van der Waals surface area contributed by atoms with Crippen LogP contribution >= 0.6 is 11.3 Å². The Labute approximate surface area is 128 Å². The first kappa shape index (κ1) is 13.3. The topological polar surface area (TPSA) is 41.5 Å². The van der Waals surface area contributed by atoms with Gasteiger partial charge in [0.25, 0.3) is 0 Å². The van der Waals surface area contributed by atoms with Gasteiger partial charge in [-0.05, 0) is 25.3 Å². The minimum absolute atomic E-state index is 0.818. The van der Waals surface area contributed by atoms with E-state index in [-0.39, 0.29) is 0 Å². The predicted molar refractivity (Wildman–Crippen MR) is 86.5 cm³/mol. The highest BCUT2D eigenvalue weighted by Crippen LogP contribution is 2.37. The van der Waals surface area contributed by atoms with Gasteiger partial charge in [-0.1, -0.05) is 0 Å². The van der Waals surface area contributed by atoms with Crippen LogP contribution in [0.5, 0.6) is 0 Å². The van der Waals surface area contributed by atoms with Crippen LogP contribution in [0.1, 0.15) is 19.3 Å². The second-order valence-corrected chi connectivity index (χ2v) is 6.67. The fourth-order valence-electron chi connectivity index (χ4n) is 3.10. The molecule has 2 fully saturated rings. The number of piperidine rings is 1. The number of morpholine rings is 1. The number of ether oxygens (including phenoxy) is 1. The fourth-order valence-corrected chi connectivity index (χ4v) is 4.28. The largest absolute Gasteiger partial charge is 0.378 e. The Morgan fingerprint density at radius 1 is 0.952 bits per heavy atom. The van der Waals surface area contributed by atoms with E-state index in [4.69, 9.17) is 4.74 Å². The molecule has 0 amide bonds. The summed E-state index contributed by atoms with van der Waals surface area (Å²) in [4.78, 5) is 13.9. The van der Waals surface area contributed by atoms with Crippen LogP contribution in [0, 0.1) is 0 Å². The van der Waals surface area contributed by atoms with Gasteiger partial charge in [0.05, 0.1) is 28.4 Å². The SMILES string of the molecule is c1nc(N2CCCCC2)c2sc(N3CCOCC3)cc2n1. The minimum atomic E-state index is 0.818.